The van der Waals surface area contributed by atoms with E-state index in [9.17, 15) is 0 Å². The number of thiocarbonyl (C=S) groups is 1. The molecular weight excluding hydrogens is 302 g/mol. The van der Waals surface area contributed by atoms with Crippen molar-refractivity contribution in [2.45, 2.75) is 0 Å². The van der Waals surface area contributed by atoms with Crippen molar-refractivity contribution in [1.82, 2.24) is 10.4 Å². The Kier molecular flexibility index (Phi) is 4.73. The van der Waals surface area contributed by atoms with Gasteiger partial charge >= 0.3 is 0 Å². The first kappa shape index (κ1) is 12.8. The van der Waals surface area contributed by atoms with Crippen LogP contribution in [0.15, 0.2) is 28.7 Å². The van der Waals surface area contributed by atoms with Gasteiger partial charge in [-0.25, -0.2) is 5.01 Å². The Morgan fingerprint density at radius 2 is 1.88 bits per heavy atom. The summed E-state index contributed by atoms with van der Waals surface area (Å²) in [5.74, 6) is 0. The maximum absolute atomic E-state index is 5.26. The maximum Gasteiger partial charge on any atom is 0.185 e. The first-order chi connectivity index (χ1) is 8.24. The van der Waals surface area contributed by atoms with Crippen LogP contribution in [-0.4, -0.2) is 36.4 Å². The average Bonchev–Trinajstić information content (AvgIpc) is 2.33. The number of morpholine rings is 1. The van der Waals surface area contributed by atoms with E-state index in [4.69, 9.17) is 17.0 Å². The van der Waals surface area contributed by atoms with Crippen LogP contribution in [0.4, 0.5) is 5.69 Å². The molecule has 0 amide bonds. The normalized spacial score (nSPS) is 16.5. The lowest BCUT2D eigenvalue weighted by atomic mass is 10.3. The highest BCUT2D eigenvalue weighted by molar-refractivity contribution is 9.10. The van der Waals surface area contributed by atoms with Gasteiger partial charge in [-0.05, 0) is 36.5 Å². The second-order valence-corrected chi connectivity index (χ2v) is 5.00. The molecule has 0 aliphatic carbocycles. The van der Waals surface area contributed by atoms with Gasteiger partial charge in [-0.2, -0.15) is 0 Å². The highest BCUT2D eigenvalue weighted by atomic mass is 79.9. The minimum Gasteiger partial charge on any atom is -0.379 e. The van der Waals surface area contributed by atoms with Crippen molar-refractivity contribution in [3.05, 3.63) is 28.7 Å². The quantitative estimate of drug-likeness (QED) is 0.816. The van der Waals surface area contributed by atoms with Gasteiger partial charge in [-0.1, -0.05) is 15.9 Å². The Morgan fingerprint density at radius 3 is 2.53 bits per heavy atom. The van der Waals surface area contributed by atoms with Gasteiger partial charge in [0.05, 0.1) is 13.2 Å². The predicted octanol–water partition coefficient (Wildman–Crippen LogP) is 1.98. The molecule has 6 heteroatoms. The third-order valence-corrected chi connectivity index (χ3v) is 3.09. The Hall–Kier alpha value is -0.690. The molecule has 0 saturated carbocycles. The summed E-state index contributed by atoms with van der Waals surface area (Å²) in [6.07, 6.45) is 0. The average molecular weight is 316 g/mol. The van der Waals surface area contributed by atoms with E-state index in [2.05, 4.69) is 31.7 Å². The van der Waals surface area contributed by atoms with Crippen molar-refractivity contribution >= 4 is 38.9 Å². The van der Waals surface area contributed by atoms with Crippen LogP contribution in [0, 0.1) is 0 Å². The minimum absolute atomic E-state index is 0.606. The molecule has 1 saturated heterocycles. The molecule has 0 aromatic heterocycles. The van der Waals surface area contributed by atoms with E-state index in [1.807, 2.05) is 24.3 Å². The molecule has 0 atom stereocenters. The Labute approximate surface area is 114 Å². The van der Waals surface area contributed by atoms with Gasteiger partial charge in [0.2, 0.25) is 0 Å². The van der Waals surface area contributed by atoms with Crippen LogP contribution >= 0.6 is 28.1 Å². The molecule has 1 heterocycles. The standard InChI is InChI=1S/C11H14BrN3OS/c12-9-1-3-10(4-2-9)13-11(17)14-15-5-7-16-8-6-15/h1-4H,5-8H2,(H2,13,14,17). The molecular formula is C11H14BrN3OS. The summed E-state index contributed by atoms with van der Waals surface area (Å²) >= 11 is 8.63. The molecule has 17 heavy (non-hydrogen) atoms. The largest absolute Gasteiger partial charge is 0.379 e. The van der Waals surface area contributed by atoms with Gasteiger partial charge in [0.15, 0.2) is 5.11 Å². The number of nitrogens with zero attached hydrogens (tertiary/aromatic N) is 1. The van der Waals surface area contributed by atoms with E-state index >= 15 is 0 Å². The number of rotatable bonds is 2. The first-order valence-corrected chi connectivity index (χ1v) is 6.60. The predicted molar refractivity (Wildman–Crippen MR) is 75.9 cm³/mol. The Bertz CT molecular complexity index is 379. The molecule has 92 valence electrons. The van der Waals surface area contributed by atoms with Gasteiger partial charge in [0, 0.05) is 23.2 Å². The smallest absolute Gasteiger partial charge is 0.185 e. The monoisotopic (exact) mass is 315 g/mol. The lowest BCUT2D eigenvalue weighted by Crippen LogP contribution is -2.49. The molecule has 2 rings (SSSR count). The van der Waals surface area contributed by atoms with Crippen LogP contribution < -0.4 is 10.7 Å². The van der Waals surface area contributed by atoms with Crippen LogP contribution in [0.5, 0.6) is 0 Å². The molecule has 1 aliphatic rings. The first-order valence-electron chi connectivity index (χ1n) is 5.40. The lowest BCUT2D eigenvalue weighted by Gasteiger charge is -2.28. The Balaban J connectivity index is 1.82. The summed E-state index contributed by atoms with van der Waals surface area (Å²) in [7, 11) is 0. The van der Waals surface area contributed by atoms with Crippen molar-refractivity contribution < 1.29 is 4.74 Å². The minimum atomic E-state index is 0.606. The van der Waals surface area contributed by atoms with Crippen LogP contribution in [0.1, 0.15) is 0 Å². The number of benzene rings is 1. The summed E-state index contributed by atoms with van der Waals surface area (Å²) in [5, 5.41) is 5.79. The molecule has 1 aromatic carbocycles. The number of hydrazine groups is 1. The zero-order valence-electron chi connectivity index (χ0n) is 9.28. The second-order valence-electron chi connectivity index (χ2n) is 3.67. The third kappa shape index (κ3) is 4.23. The summed E-state index contributed by atoms with van der Waals surface area (Å²) < 4.78 is 6.31. The van der Waals surface area contributed by atoms with Crippen LogP contribution in [0.3, 0.4) is 0 Å². The summed E-state index contributed by atoms with van der Waals surface area (Å²) in [4.78, 5) is 0. The van der Waals surface area contributed by atoms with Crippen LogP contribution in [-0.2, 0) is 4.74 Å². The third-order valence-electron chi connectivity index (χ3n) is 2.37. The number of halogens is 1. The molecule has 0 bridgehead atoms. The zero-order valence-corrected chi connectivity index (χ0v) is 11.7. The summed E-state index contributed by atoms with van der Waals surface area (Å²) in [5.41, 5.74) is 4.12. The molecule has 4 nitrogen and oxygen atoms in total. The maximum atomic E-state index is 5.26. The fourth-order valence-electron chi connectivity index (χ4n) is 1.51. The van der Waals surface area contributed by atoms with Crippen molar-refractivity contribution in [2.75, 3.05) is 31.6 Å². The number of anilines is 1. The summed E-state index contributed by atoms with van der Waals surface area (Å²) in [6.45, 7) is 3.19. The number of hydrogen-bond donors (Lipinski definition) is 2. The molecule has 0 spiro atoms. The SMILES string of the molecule is S=C(Nc1ccc(Br)cc1)NN1CCOCC1. The van der Waals surface area contributed by atoms with Crippen molar-refractivity contribution in [3.63, 3.8) is 0 Å². The van der Waals surface area contributed by atoms with E-state index in [1.165, 1.54) is 0 Å². The summed E-state index contributed by atoms with van der Waals surface area (Å²) in [6, 6.07) is 7.88. The Morgan fingerprint density at radius 1 is 1.24 bits per heavy atom. The van der Waals surface area contributed by atoms with Crippen molar-refractivity contribution in [1.29, 1.82) is 0 Å². The lowest BCUT2D eigenvalue weighted by molar-refractivity contribution is 0.0252. The number of nitrogens with one attached hydrogen (secondary N) is 2. The van der Waals surface area contributed by atoms with Crippen LogP contribution in [0.25, 0.3) is 0 Å². The van der Waals surface area contributed by atoms with Gasteiger partial charge in [-0.3, -0.25) is 5.43 Å². The van der Waals surface area contributed by atoms with E-state index in [-0.39, 0.29) is 0 Å². The molecule has 1 fully saturated rings. The second kappa shape index (κ2) is 6.30. The van der Waals surface area contributed by atoms with Gasteiger partial charge in [0.25, 0.3) is 0 Å². The fourth-order valence-corrected chi connectivity index (χ4v) is 2.02. The van der Waals surface area contributed by atoms with Gasteiger partial charge in [0.1, 0.15) is 0 Å². The van der Waals surface area contributed by atoms with Gasteiger partial charge < -0.3 is 10.1 Å². The molecule has 1 aromatic rings. The molecule has 1 aliphatic heterocycles. The highest BCUT2D eigenvalue weighted by Crippen LogP contribution is 2.13. The topological polar surface area (TPSA) is 36.5 Å². The van der Waals surface area contributed by atoms with Gasteiger partial charge in [-0.15, -0.1) is 0 Å². The fraction of sp³-hybridized carbons (Fsp3) is 0.364. The molecule has 0 radical (unpaired) electrons. The van der Waals surface area contributed by atoms with E-state index in [0.717, 1.165) is 36.5 Å². The molecule has 2 N–H and O–H groups in total. The highest BCUT2D eigenvalue weighted by Gasteiger charge is 2.10. The zero-order chi connectivity index (χ0) is 12.1. The van der Waals surface area contributed by atoms with Crippen molar-refractivity contribution in [2.24, 2.45) is 0 Å². The number of ether oxygens (including phenoxy) is 1. The number of hydrogen-bond acceptors (Lipinski definition) is 3. The van der Waals surface area contributed by atoms with Crippen molar-refractivity contribution in [3.8, 4) is 0 Å². The molecule has 0 unspecified atom stereocenters. The van der Waals surface area contributed by atoms with E-state index in [0.29, 0.717) is 5.11 Å². The van der Waals surface area contributed by atoms with Crippen LogP contribution in [0.2, 0.25) is 0 Å². The van der Waals surface area contributed by atoms with E-state index in [1.54, 1.807) is 0 Å². The van der Waals surface area contributed by atoms with E-state index < -0.39 is 0 Å².